The second-order valence-corrected chi connectivity index (χ2v) is 6.10. The van der Waals surface area contributed by atoms with Crippen LogP contribution in [-0.2, 0) is 6.42 Å². The number of nitrogens with zero attached hydrogens (tertiary/aromatic N) is 2. The first-order valence-corrected chi connectivity index (χ1v) is 8.48. The summed E-state index contributed by atoms with van der Waals surface area (Å²) in [5.74, 6) is -2.01. The smallest absolute Gasteiger partial charge is 0.276 e. The van der Waals surface area contributed by atoms with E-state index in [1.165, 1.54) is 12.1 Å². The van der Waals surface area contributed by atoms with E-state index in [-0.39, 0.29) is 5.69 Å². The van der Waals surface area contributed by atoms with Gasteiger partial charge in [-0.25, -0.2) is 8.78 Å². The van der Waals surface area contributed by atoms with Crippen molar-refractivity contribution in [3.63, 3.8) is 0 Å². The molecule has 0 saturated heterocycles. The Bertz CT molecular complexity index is 930. The molecule has 0 radical (unpaired) electrons. The molecule has 8 heteroatoms. The lowest BCUT2D eigenvalue weighted by Gasteiger charge is -2.08. The molecular weight excluding hydrogens is 374 g/mol. The van der Waals surface area contributed by atoms with E-state index in [0.29, 0.717) is 17.4 Å². The predicted molar refractivity (Wildman–Crippen MR) is 100.0 cm³/mol. The van der Waals surface area contributed by atoms with Crippen LogP contribution in [0.5, 0.6) is 0 Å². The zero-order chi connectivity index (χ0) is 19.2. The van der Waals surface area contributed by atoms with E-state index >= 15 is 0 Å². The average molecular weight is 389 g/mol. The van der Waals surface area contributed by atoms with Gasteiger partial charge < -0.3 is 10.6 Å². The Morgan fingerprint density at radius 3 is 2.41 bits per heavy atom. The van der Waals surface area contributed by atoms with Gasteiger partial charge in [0.25, 0.3) is 5.91 Å². The van der Waals surface area contributed by atoms with Crippen molar-refractivity contribution in [1.82, 2.24) is 10.2 Å². The van der Waals surface area contributed by atoms with E-state index in [1.807, 2.05) is 18.2 Å². The number of hydrogen-bond donors (Lipinski definition) is 2. The maximum absolute atomic E-state index is 13.6. The third-order valence-corrected chi connectivity index (χ3v) is 3.94. The van der Waals surface area contributed by atoms with E-state index in [9.17, 15) is 13.6 Å². The van der Waals surface area contributed by atoms with E-state index in [4.69, 9.17) is 11.6 Å². The Labute approximate surface area is 159 Å². The number of amides is 1. The minimum absolute atomic E-state index is 0.0574. The van der Waals surface area contributed by atoms with Crippen molar-refractivity contribution in [3.05, 3.63) is 82.5 Å². The second kappa shape index (κ2) is 8.55. The normalized spacial score (nSPS) is 10.5. The van der Waals surface area contributed by atoms with Gasteiger partial charge in [-0.05, 0) is 48.4 Å². The number of carbonyl (C=O) groups is 1. The Kier molecular flexibility index (Phi) is 5.93. The summed E-state index contributed by atoms with van der Waals surface area (Å²) >= 11 is 5.94. The molecule has 0 spiro atoms. The molecule has 27 heavy (non-hydrogen) atoms. The number of para-hydroxylation sites is 1. The van der Waals surface area contributed by atoms with Crippen LogP contribution in [0.1, 0.15) is 16.1 Å². The van der Waals surface area contributed by atoms with Crippen molar-refractivity contribution < 1.29 is 13.6 Å². The molecule has 2 aromatic carbocycles. The third kappa shape index (κ3) is 4.98. The van der Waals surface area contributed by atoms with Crippen LogP contribution >= 0.6 is 11.6 Å². The maximum Gasteiger partial charge on any atom is 0.276 e. The van der Waals surface area contributed by atoms with Crippen LogP contribution in [0.4, 0.5) is 20.3 Å². The summed E-state index contributed by atoms with van der Waals surface area (Å²) in [4.78, 5) is 12.1. The summed E-state index contributed by atoms with van der Waals surface area (Å²) in [6.07, 6.45) is 0.733. The molecule has 0 fully saturated rings. The van der Waals surface area contributed by atoms with Crippen LogP contribution < -0.4 is 10.6 Å². The summed E-state index contributed by atoms with van der Waals surface area (Å²) < 4.78 is 27.2. The van der Waals surface area contributed by atoms with Crippen molar-refractivity contribution >= 4 is 29.0 Å². The minimum atomic E-state index is -0.865. The van der Waals surface area contributed by atoms with Crippen LogP contribution in [0.2, 0.25) is 5.02 Å². The molecule has 1 heterocycles. The lowest BCUT2D eigenvalue weighted by Crippen LogP contribution is -2.17. The van der Waals surface area contributed by atoms with Crippen molar-refractivity contribution in [3.8, 4) is 0 Å². The first kappa shape index (κ1) is 18.7. The van der Waals surface area contributed by atoms with Crippen LogP contribution in [0.15, 0.2) is 54.6 Å². The Hall–Kier alpha value is -3.06. The van der Waals surface area contributed by atoms with Gasteiger partial charge in [-0.2, -0.15) is 0 Å². The van der Waals surface area contributed by atoms with E-state index in [0.717, 1.165) is 24.1 Å². The zero-order valence-corrected chi connectivity index (χ0v) is 14.8. The molecule has 3 aromatic rings. The van der Waals surface area contributed by atoms with Crippen molar-refractivity contribution in [1.29, 1.82) is 0 Å². The van der Waals surface area contributed by atoms with Gasteiger partial charge >= 0.3 is 0 Å². The number of rotatable bonds is 6. The van der Waals surface area contributed by atoms with E-state index in [1.54, 1.807) is 12.1 Å². The van der Waals surface area contributed by atoms with Crippen molar-refractivity contribution in [2.45, 2.75) is 6.42 Å². The quantitative estimate of drug-likeness (QED) is 0.660. The molecule has 138 valence electrons. The van der Waals surface area contributed by atoms with Crippen molar-refractivity contribution in [2.75, 3.05) is 17.2 Å². The van der Waals surface area contributed by atoms with Crippen LogP contribution in [0, 0.1) is 11.6 Å². The highest BCUT2D eigenvalue weighted by Crippen LogP contribution is 2.18. The SMILES string of the molecule is O=C(Nc1c(F)cccc1F)c1ccc(NCCc2cccc(Cl)c2)nn1. The van der Waals surface area contributed by atoms with Gasteiger partial charge in [0.1, 0.15) is 23.1 Å². The molecule has 1 amide bonds. The third-order valence-electron chi connectivity index (χ3n) is 3.71. The fraction of sp³-hybridized carbons (Fsp3) is 0.105. The molecule has 5 nitrogen and oxygen atoms in total. The molecule has 0 aliphatic carbocycles. The monoisotopic (exact) mass is 388 g/mol. The topological polar surface area (TPSA) is 66.9 Å². The lowest BCUT2D eigenvalue weighted by atomic mass is 10.1. The molecule has 0 aliphatic rings. The Morgan fingerprint density at radius 1 is 1.00 bits per heavy atom. The number of aromatic nitrogens is 2. The molecule has 0 bridgehead atoms. The fourth-order valence-corrected chi connectivity index (χ4v) is 2.58. The summed E-state index contributed by atoms with van der Waals surface area (Å²) in [6, 6.07) is 13.8. The predicted octanol–water partition coefficient (Wildman–Crippen LogP) is 4.32. The van der Waals surface area contributed by atoms with Gasteiger partial charge in [0.15, 0.2) is 5.69 Å². The molecule has 0 unspecified atom stereocenters. The van der Waals surface area contributed by atoms with Crippen LogP contribution in [-0.4, -0.2) is 22.6 Å². The number of benzene rings is 2. The molecule has 1 aromatic heterocycles. The van der Waals surface area contributed by atoms with Crippen LogP contribution in [0.3, 0.4) is 0 Å². The molecular formula is C19H15ClF2N4O. The molecule has 0 saturated carbocycles. The Balaban J connectivity index is 1.57. The summed E-state index contributed by atoms with van der Waals surface area (Å²) in [5, 5.41) is 13.6. The molecule has 0 atom stereocenters. The first-order chi connectivity index (χ1) is 13.0. The van der Waals surface area contributed by atoms with Crippen molar-refractivity contribution in [2.24, 2.45) is 0 Å². The van der Waals surface area contributed by atoms with Crippen LogP contribution in [0.25, 0.3) is 0 Å². The number of hydrogen-bond acceptors (Lipinski definition) is 4. The van der Waals surface area contributed by atoms with Gasteiger partial charge in [0, 0.05) is 11.6 Å². The van der Waals surface area contributed by atoms with Gasteiger partial charge in [-0.1, -0.05) is 29.8 Å². The maximum atomic E-state index is 13.6. The first-order valence-electron chi connectivity index (χ1n) is 8.10. The summed E-state index contributed by atoms with van der Waals surface area (Å²) in [5.41, 5.74) is 0.497. The minimum Gasteiger partial charge on any atom is -0.368 e. The lowest BCUT2D eigenvalue weighted by molar-refractivity contribution is 0.102. The van der Waals surface area contributed by atoms with E-state index in [2.05, 4.69) is 20.8 Å². The number of halogens is 3. The zero-order valence-electron chi connectivity index (χ0n) is 14.0. The average Bonchev–Trinajstić information content (AvgIpc) is 2.65. The number of nitrogens with one attached hydrogen (secondary N) is 2. The highest BCUT2D eigenvalue weighted by atomic mass is 35.5. The van der Waals surface area contributed by atoms with Gasteiger partial charge in [0.05, 0.1) is 0 Å². The largest absolute Gasteiger partial charge is 0.368 e. The van der Waals surface area contributed by atoms with E-state index < -0.39 is 23.2 Å². The van der Waals surface area contributed by atoms with Gasteiger partial charge in [-0.15, -0.1) is 10.2 Å². The second-order valence-electron chi connectivity index (χ2n) is 5.66. The highest BCUT2D eigenvalue weighted by Gasteiger charge is 2.14. The highest BCUT2D eigenvalue weighted by molar-refractivity contribution is 6.30. The molecule has 2 N–H and O–H groups in total. The summed E-state index contributed by atoms with van der Waals surface area (Å²) in [6.45, 7) is 0.598. The standard InChI is InChI=1S/C19H15ClF2N4O/c20-13-4-1-3-12(11-13)9-10-23-17-8-7-16(25-26-17)19(27)24-18-14(21)5-2-6-15(18)22/h1-8,11H,9-10H2,(H,23,26)(H,24,27). The number of anilines is 2. The number of carbonyl (C=O) groups excluding carboxylic acids is 1. The molecule has 3 rings (SSSR count). The van der Waals surface area contributed by atoms with Gasteiger partial charge in [-0.3, -0.25) is 4.79 Å². The fourth-order valence-electron chi connectivity index (χ4n) is 2.37. The summed E-state index contributed by atoms with van der Waals surface area (Å²) in [7, 11) is 0. The molecule has 0 aliphatic heterocycles. The Morgan fingerprint density at radius 2 is 1.74 bits per heavy atom. The van der Waals surface area contributed by atoms with Gasteiger partial charge in [0.2, 0.25) is 0 Å².